The number of rotatable bonds is 2. The van der Waals surface area contributed by atoms with Gasteiger partial charge in [0.25, 0.3) is 5.56 Å². The van der Waals surface area contributed by atoms with E-state index in [2.05, 4.69) is 12.0 Å². The van der Waals surface area contributed by atoms with E-state index in [1.807, 2.05) is 0 Å². The third-order valence-electron chi connectivity index (χ3n) is 1.65. The average Bonchev–Trinajstić information content (AvgIpc) is 2.01. The van der Waals surface area contributed by atoms with Crippen LogP contribution in [0.2, 0.25) is 0 Å². The largest absolute Gasteiger partial charge is 0.394 e. The van der Waals surface area contributed by atoms with Gasteiger partial charge in [0.05, 0.1) is 5.69 Å². The average molecular weight is 167 g/mol. The van der Waals surface area contributed by atoms with Gasteiger partial charge in [0.1, 0.15) is 5.69 Å². The van der Waals surface area contributed by atoms with Crippen LogP contribution in [0.15, 0.2) is 10.9 Å². The molecule has 1 aromatic heterocycles. The van der Waals surface area contributed by atoms with Gasteiger partial charge in [0.2, 0.25) is 0 Å². The minimum absolute atomic E-state index is 0.227. The third-order valence-corrected chi connectivity index (χ3v) is 1.65. The van der Waals surface area contributed by atoms with E-state index in [9.17, 15) is 4.79 Å². The van der Waals surface area contributed by atoms with Gasteiger partial charge in [-0.15, -0.1) is 0 Å². The third kappa shape index (κ3) is 1.64. The van der Waals surface area contributed by atoms with E-state index in [0.29, 0.717) is 0 Å². The van der Waals surface area contributed by atoms with Crippen molar-refractivity contribution < 1.29 is 0 Å². The van der Waals surface area contributed by atoms with Crippen LogP contribution >= 0.6 is 0 Å². The Labute approximate surface area is 71.0 Å². The Morgan fingerprint density at radius 3 is 2.83 bits per heavy atom. The van der Waals surface area contributed by atoms with Crippen LogP contribution in [0.1, 0.15) is 19.0 Å². The van der Waals surface area contributed by atoms with Gasteiger partial charge in [-0.05, 0) is 12.5 Å². The molecule has 0 aromatic carbocycles. The smallest absolute Gasteiger partial charge is 0.289 e. The molecule has 0 unspecified atom stereocenters. The predicted molar refractivity (Wildman–Crippen MR) is 47.9 cm³/mol. The highest BCUT2D eigenvalue weighted by Crippen LogP contribution is 1.99. The van der Waals surface area contributed by atoms with Crippen LogP contribution in [0.5, 0.6) is 0 Å². The number of nitrogens with zero attached hydrogens (tertiary/aromatic N) is 2. The lowest BCUT2D eigenvalue weighted by Gasteiger charge is -2.02. The summed E-state index contributed by atoms with van der Waals surface area (Å²) in [6.07, 6.45) is 1.86. The Hall–Kier alpha value is -1.32. The summed E-state index contributed by atoms with van der Waals surface area (Å²) < 4.78 is 1.28. The Bertz CT molecular complexity index is 303. The molecule has 1 heterocycles. The molecule has 0 amide bonds. The van der Waals surface area contributed by atoms with Crippen molar-refractivity contribution in [3.8, 4) is 0 Å². The molecule has 0 bridgehead atoms. The molecule has 12 heavy (non-hydrogen) atoms. The number of nitrogens with two attached hydrogens (primary N) is 1. The maximum absolute atomic E-state index is 11.1. The van der Waals surface area contributed by atoms with Crippen molar-refractivity contribution in [2.24, 2.45) is 7.05 Å². The summed E-state index contributed by atoms with van der Waals surface area (Å²) in [6.45, 7) is 2.06. The fourth-order valence-corrected chi connectivity index (χ4v) is 1.07. The molecule has 0 radical (unpaired) electrons. The normalized spacial score (nSPS) is 10.2. The van der Waals surface area contributed by atoms with Gasteiger partial charge in [0, 0.05) is 7.05 Å². The minimum Gasteiger partial charge on any atom is -0.394 e. The molecule has 0 aliphatic carbocycles. The SMILES string of the molecule is CCCc1cc(N)c(=O)n(C)n1. The molecule has 4 heteroatoms. The zero-order chi connectivity index (χ0) is 9.14. The maximum atomic E-state index is 11.1. The van der Waals surface area contributed by atoms with Crippen molar-refractivity contribution in [1.29, 1.82) is 0 Å². The zero-order valence-corrected chi connectivity index (χ0v) is 7.37. The van der Waals surface area contributed by atoms with E-state index in [4.69, 9.17) is 5.73 Å². The summed E-state index contributed by atoms with van der Waals surface area (Å²) >= 11 is 0. The second kappa shape index (κ2) is 3.38. The van der Waals surface area contributed by atoms with Gasteiger partial charge in [0.15, 0.2) is 0 Å². The van der Waals surface area contributed by atoms with Crippen LogP contribution in [0, 0.1) is 0 Å². The van der Waals surface area contributed by atoms with E-state index in [0.717, 1.165) is 18.5 Å². The van der Waals surface area contributed by atoms with Crippen molar-refractivity contribution in [2.45, 2.75) is 19.8 Å². The summed E-state index contributed by atoms with van der Waals surface area (Å²) in [5.74, 6) is 0. The first-order chi connectivity index (χ1) is 5.65. The topological polar surface area (TPSA) is 60.9 Å². The second-order valence-corrected chi connectivity index (χ2v) is 2.77. The Morgan fingerprint density at radius 2 is 2.33 bits per heavy atom. The van der Waals surface area contributed by atoms with Crippen LogP contribution in [-0.2, 0) is 13.5 Å². The highest BCUT2D eigenvalue weighted by Gasteiger charge is 2.00. The van der Waals surface area contributed by atoms with Gasteiger partial charge < -0.3 is 5.73 Å². The van der Waals surface area contributed by atoms with E-state index < -0.39 is 0 Å². The summed E-state index contributed by atoms with van der Waals surface area (Å²) in [6, 6.07) is 1.64. The molecule has 1 aromatic rings. The van der Waals surface area contributed by atoms with Crippen molar-refractivity contribution in [2.75, 3.05) is 5.73 Å². The molecule has 66 valence electrons. The van der Waals surface area contributed by atoms with E-state index in [1.165, 1.54) is 4.68 Å². The highest BCUT2D eigenvalue weighted by molar-refractivity contribution is 5.35. The lowest BCUT2D eigenvalue weighted by atomic mass is 10.2. The number of aryl methyl sites for hydroxylation is 2. The molecule has 0 aliphatic rings. The molecule has 0 aliphatic heterocycles. The molecular formula is C8H13N3O. The summed E-state index contributed by atoms with van der Waals surface area (Å²) in [5, 5.41) is 4.05. The lowest BCUT2D eigenvalue weighted by molar-refractivity contribution is 0.674. The fraction of sp³-hybridized carbons (Fsp3) is 0.500. The minimum atomic E-state index is -0.227. The van der Waals surface area contributed by atoms with Crippen LogP contribution in [0.4, 0.5) is 5.69 Å². The summed E-state index contributed by atoms with van der Waals surface area (Å²) in [7, 11) is 1.61. The molecule has 4 nitrogen and oxygen atoms in total. The number of anilines is 1. The van der Waals surface area contributed by atoms with Gasteiger partial charge in [-0.3, -0.25) is 4.79 Å². The zero-order valence-electron chi connectivity index (χ0n) is 7.37. The standard InChI is InChI=1S/C8H13N3O/c1-3-4-6-5-7(9)8(12)11(2)10-6/h5H,3-4,9H2,1-2H3. The Balaban J connectivity index is 3.13. The van der Waals surface area contributed by atoms with Crippen molar-refractivity contribution in [3.63, 3.8) is 0 Å². The molecule has 0 atom stereocenters. The maximum Gasteiger partial charge on any atom is 0.289 e. The van der Waals surface area contributed by atoms with E-state index in [1.54, 1.807) is 13.1 Å². The lowest BCUT2D eigenvalue weighted by Crippen LogP contribution is -2.23. The summed E-state index contributed by atoms with van der Waals surface area (Å²) in [4.78, 5) is 11.1. The van der Waals surface area contributed by atoms with Crippen LogP contribution in [0.25, 0.3) is 0 Å². The number of hydrogen-bond acceptors (Lipinski definition) is 3. The molecule has 1 rings (SSSR count). The first-order valence-electron chi connectivity index (χ1n) is 3.98. The first-order valence-corrected chi connectivity index (χ1v) is 3.98. The molecule has 2 N–H and O–H groups in total. The number of aromatic nitrogens is 2. The van der Waals surface area contributed by atoms with Crippen LogP contribution in [0.3, 0.4) is 0 Å². The molecule has 0 fully saturated rings. The fourth-order valence-electron chi connectivity index (χ4n) is 1.07. The van der Waals surface area contributed by atoms with Crippen molar-refractivity contribution in [1.82, 2.24) is 9.78 Å². The Kier molecular flexibility index (Phi) is 2.47. The number of nitrogen functional groups attached to an aromatic ring is 1. The van der Waals surface area contributed by atoms with Gasteiger partial charge in [-0.25, -0.2) is 4.68 Å². The molecule has 0 saturated carbocycles. The molecule has 0 spiro atoms. The Morgan fingerprint density at radius 1 is 1.67 bits per heavy atom. The van der Waals surface area contributed by atoms with Gasteiger partial charge >= 0.3 is 0 Å². The van der Waals surface area contributed by atoms with Crippen molar-refractivity contribution in [3.05, 3.63) is 22.1 Å². The van der Waals surface area contributed by atoms with E-state index >= 15 is 0 Å². The van der Waals surface area contributed by atoms with Crippen LogP contribution in [-0.4, -0.2) is 9.78 Å². The second-order valence-electron chi connectivity index (χ2n) is 2.77. The van der Waals surface area contributed by atoms with E-state index in [-0.39, 0.29) is 11.2 Å². The number of hydrogen-bond donors (Lipinski definition) is 1. The van der Waals surface area contributed by atoms with Crippen LogP contribution < -0.4 is 11.3 Å². The van der Waals surface area contributed by atoms with Crippen molar-refractivity contribution >= 4 is 5.69 Å². The predicted octanol–water partition coefficient (Wildman–Crippen LogP) is 0.315. The van der Waals surface area contributed by atoms with Gasteiger partial charge in [-0.2, -0.15) is 5.10 Å². The molecule has 0 saturated heterocycles. The summed E-state index contributed by atoms with van der Waals surface area (Å²) in [5.41, 5.74) is 6.40. The quantitative estimate of drug-likeness (QED) is 0.689. The monoisotopic (exact) mass is 167 g/mol. The van der Waals surface area contributed by atoms with Gasteiger partial charge in [-0.1, -0.05) is 13.3 Å². The first kappa shape index (κ1) is 8.77. The molecular weight excluding hydrogens is 154 g/mol. The highest BCUT2D eigenvalue weighted by atomic mass is 16.1.